The number of H-pyrrole nitrogens is 1. The van der Waals surface area contributed by atoms with Crippen LogP contribution >= 0.6 is 0 Å². The third kappa shape index (κ3) is 2.48. The van der Waals surface area contributed by atoms with Gasteiger partial charge in [-0.25, -0.2) is 0 Å². The van der Waals surface area contributed by atoms with E-state index in [1.807, 2.05) is 6.20 Å². The SMILES string of the molecule is CC(CC1CCCN1)Nc1ccc2cn[nH]c2c1. The Kier molecular flexibility index (Phi) is 3.19. The molecule has 0 saturated carbocycles. The topological polar surface area (TPSA) is 52.7 Å². The Morgan fingerprint density at radius 2 is 2.44 bits per heavy atom. The van der Waals surface area contributed by atoms with E-state index in [0.29, 0.717) is 12.1 Å². The molecule has 2 heterocycles. The van der Waals surface area contributed by atoms with Crippen LogP contribution in [-0.4, -0.2) is 28.8 Å². The summed E-state index contributed by atoms with van der Waals surface area (Å²) >= 11 is 0. The number of nitrogens with one attached hydrogen (secondary N) is 3. The maximum atomic E-state index is 4.04. The van der Waals surface area contributed by atoms with Gasteiger partial charge in [-0.1, -0.05) is 0 Å². The first-order valence-electron chi connectivity index (χ1n) is 6.74. The molecule has 1 aromatic carbocycles. The molecule has 1 aliphatic rings. The van der Waals surface area contributed by atoms with Gasteiger partial charge in [0.05, 0.1) is 11.7 Å². The molecule has 1 saturated heterocycles. The van der Waals surface area contributed by atoms with E-state index >= 15 is 0 Å². The summed E-state index contributed by atoms with van der Waals surface area (Å²) in [4.78, 5) is 0. The third-order valence-electron chi connectivity index (χ3n) is 3.66. The highest BCUT2D eigenvalue weighted by Gasteiger charge is 2.16. The van der Waals surface area contributed by atoms with Crippen molar-refractivity contribution in [1.82, 2.24) is 15.5 Å². The molecule has 0 spiro atoms. The first kappa shape index (κ1) is 11.5. The van der Waals surface area contributed by atoms with E-state index in [-0.39, 0.29) is 0 Å². The van der Waals surface area contributed by atoms with Crippen molar-refractivity contribution in [3.05, 3.63) is 24.4 Å². The first-order valence-corrected chi connectivity index (χ1v) is 6.74. The van der Waals surface area contributed by atoms with Crippen LogP contribution in [0.3, 0.4) is 0 Å². The Hall–Kier alpha value is -1.55. The van der Waals surface area contributed by atoms with E-state index in [9.17, 15) is 0 Å². The van der Waals surface area contributed by atoms with E-state index in [1.165, 1.54) is 25.8 Å². The summed E-state index contributed by atoms with van der Waals surface area (Å²) in [7, 11) is 0. The van der Waals surface area contributed by atoms with Gasteiger partial charge in [-0.15, -0.1) is 0 Å². The molecule has 2 aromatic rings. The maximum Gasteiger partial charge on any atom is 0.0670 e. The normalized spacial score (nSPS) is 21.3. The van der Waals surface area contributed by atoms with Crippen LogP contribution in [0.2, 0.25) is 0 Å². The van der Waals surface area contributed by atoms with Crippen molar-refractivity contribution in [2.24, 2.45) is 0 Å². The van der Waals surface area contributed by atoms with Crippen molar-refractivity contribution >= 4 is 16.6 Å². The number of hydrogen-bond acceptors (Lipinski definition) is 3. The van der Waals surface area contributed by atoms with Crippen LogP contribution in [0.25, 0.3) is 10.9 Å². The lowest BCUT2D eigenvalue weighted by molar-refractivity contribution is 0.523. The summed E-state index contributed by atoms with van der Waals surface area (Å²) in [5.74, 6) is 0. The smallest absolute Gasteiger partial charge is 0.0670 e. The van der Waals surface area contributed by atoms with E-state index in [2.05, 4.69) is 46.0 Å². The summed E-state index contributed by atoms with van der Waals surface area (Å²) < 4.78 is 0. The highest BCUT2D eigenvalue weighted by molar-refractivity contribution is 5.81. The fourth-order valence-electron chi connectivity index (χ4n) is 2.75. The van der Waals surface area contributed by atoms with Crippen LogP contribution in [0.1, 0.15) is 26.2 Å². The zero-order valence-corrected chi connectivity index (χ0v) is 10.7. The standard InChI is InChI=1S/C14H20N4/c1-10(7-12-3-2-6-15-12)17-13-5-4-11-9-16-18-14(11)8-13/h4-5,8-10,12,15,17H,2-3,6-7H2,1H3,(H,16,18). The van der Waals surface area contributed by atoms with Crippen LogP contribution < -0.4 is 10.6 Å². The van der Waals surface area contributed by atoms with Gasteiger partial charge >= 0.3 is 0 Å². The van der Waals surface area contributed by atoms with Gasteiger partial charge in [-0.3, -0.25) is 5.10 Å². The second-order valence-electron chi connectivity index (χ2n) is 5.25. The molecule has 0 bridgehead atoms. The number of aromatic nitrogens is 2. The predicted octanol–water partition coefficient (Wildman–Crippen LogP) is 2.51. The van der Waals surface area contributed by atoms with Gasteiger partial charge in [-0.05, 0) is 50.9 Å². The van der Waals surface area contributed by atoms with Gasteiger partial charge in [0.15, 0.2) is 0 Å². The van der Waals surface area contributed by atoms with Gasteiger partial charge in [0.25, 0.3) is 0 Å². The van der Waals surface area contributed by atoms with Gasteiger partial charge in [0.2, 0.25) is 0 Å². The van der Waals surface area contributed by atoms with Crippen molar-refractivity contribution in [1.29, 1.82) is 0 Å². The first-order chi connectivity index (χ1) is 8.81. The van der Waals surface area contributed by atoms with Crippen molar-refractivity contribution in [3.63, 3.8) is 0 Å². The van der Waals surface area contributed by atoms with Crippen LogP contribution in [0.4, 0.5) is 5.69 Å². The van der Waals surface area contributed by atoms with E-state index in [4.69, 9.17) is 0 Å². The van der Waals surface area contributed by atoms with Crippen LogP contribution in [-0.2, 0) is 0 Å². The Balaban J connectivity index is 1.63. The minimum Gasteiger partial charge on any atom is -0.382 e. The maximum absolute atomic E-state index is 4.04. The lowest BCUT2D eigenvalue weighted by atomic mass is 10.1. The largest absolute Gasteiger partial charge is 0.382 e. The molecule has 18 heavy (non-hydrogen) atoms. The molecule has 1 aromatic heterocycles. The lowest BCUT2D eigenvalue weighted by Crippen LogP contribution is -2.29. The lowest BCUT2D eigenvalue weighted by Gasteiger charge is -2.19. The summed E-state index contributed by atoms with van der Waals surface area (Å²) in [5.41, 5.74) is 2.25. The highest BCUT2D eigenvalue weighted by Crippen LogP contribution is 2.19. The fourth-order valence-corrected chi connectivity index (χ4v) is 2.75. The molecule has 96 valence electrons. The number of benzene rings is 1. The fraction of sp³-hybridized carbons (Fsp3) is 0.500. The Morgan fingerprint density at radius 3 is 3.28 bits per heavy atom. The summed E-state index contributed by atoms with van der Waals surface area (Å²) in [6, 6.07) is 7.52. The second kappa shape index (κ2) is 4.98. The molecule has 2 atom stereocenters. The Bertz CT molecular complexity index is 513. The van der Waals surface area contributed by atoms with Crippen molar-refractivity contribution < 1.29 is 0 Å². The zero-order valence-electron chi connectivity index (χ0n) is 10.7. The van der Waals surface area contributed by atoms with Crippen LogP contribution in [0.5, 0.6) is 0 Å². The molecule has 1 aliphatic heterocycles. The monoisotopic (exact) mass is 244 g/mol. The number of hydrogen-bond donors (Lipinski definition) is 3. The van der Waals surface area contributed by atoms with Gasteiger partial charge in [0, 0.05) is 23.2 Å². The molecule has 0 amide bonds. The predicted molar refractivity (Wildman–Crippen MR) is 74.8 cm³/mol. The second-order valence-corrected chi connectivity index (χ2v) is 5.25. The van der Waals surface area contributed by atoms with Crippen LogP contribution in [0.15, 0.2) is 24.4 Å². The summed E-state index contributed by atoms with van der Waals surface area (Å²) in [6.45, 7) is 3.43. The molecule has 3 rings (SSSR count). The number of nitrogens with zero attached hydrogens (tertiary/aromatic N) is 1. The molecule has 1 fully saturated rings. The van der Waals surface area contributed by atoms with Crippen molar-refractivity contribution in [2.75, 3.05) is 11.9 Å². The molecule has 0 aliphatic carbocycles. The third-order valence-corrected chi connectivity index (χ3v) is 3.66. The van der Waals surface area contributed by atoms with Crippen molar-refractivity contribution in [3.8, 4) is 0 Å². The van der Waals surface area contributed by atoms with E-state index < -0.39 is 0 Å². The molecular weight excluding hydrogens is 224 g/mol. The quantitative estimate of drug-likeness (QED) is 0.774. The molecule has 0 radical (unpaired) electrons. The number of fused-ring (bicyclic) bond motifs is 1. The van der Waals surface area contributed by atoms with Gasteiger partial charge in [-0.2, -0.15) is 5.10 Å². The molecule has 3 N–H and O–H groups in total. The summed E-state index contributed by atoms with van der Waals surface area (Å²) in [5, 5.41) is 15.3. The Labute approximate surface area is 107 Å². The average Bonchev–Trinajstić information content (AvgIpc) is 2.98. The highest BCUT2D eigenvalue weighted by atomic mass is 15.1. The van der Waals surface area contributed by atoms with Gasteiger partial charge < -0.3 is 10.6 Å². The Morgan fingerprint density at radius 1 is 1.50 bits per heavy atom. The molecule has 2 unspecified atom stereocenters. The molecule has 4 nitrogen and oxygen atoms in total. The minimum atomic E-state index is 0.487. The average molecular weight is 244 g/mol. The molecule has 4 heteroatoms. The van der Waals surface area contributed by atoms with Crippen molar-refractivity contribution in [2.45, 2.75) is 38.3 Å². The van der Waals surface area contributed by atoms with E-state index in [1.54, 1.807) is 0 Å². The number of aromatic amines is 1. The van der Waals surface area contributed by atoms with E-state index in [0.717, 1.165) is 16.6 Å². The minimum absolute atomic E-state index is 0.487. The zero-order chi connectivity index (χ0) is 12.4. The van der Waals surface area contributed by atoms with Gasteiger partial charge in [0.1, 0.15) is 0 Å². The summed E-state index contributed by atoms with van der Waals surface area (Å²) in [6.07, 6.45) is 5.66. The number of rotatable bonds is 4. The van der Waals surface area contributed by atoms with Crippen LogP contribution in [0, 0.1) is 0 Å². The number of anilines is 1. The molecular formula is C14H20N4.